The number of nitrogens with two attached hydrogens (primary N) is 2. The molecule has 1 aliphatic carbocycles. The van der Waals surface area contributed by atoms with Gasteiger partial charge in [0.05, 0.1) is 17.9 Å². The first-order valence-corrected chi connectivity index (χ1v) is 11.8. The zero-order valence-corrected chi connectivity index (χ0v) is 19.2. The summed E-state index contributed by atoms with van der Waals surface area (Å²) in [5, 5.41) is 9.85. The van der Waals surface area contributed by atoms with Crippen molar-refractivity contribution < 1.29 is 5.11 Å². The van der Waals surface area contributed by atoms with Crippen molar-refractivity contribution in [3.63, 3.8) is 0 Å². The summed E-state index contributed by atoms with van der Waals surface area (Å²) in [5.41, 5.74) is 19.3. The molecule has 2 aromatic carbocycles. The Kier molecular flexibility index (Phi) is 5.09. The Morgan fingerprint density at radius 1 is 0.886 bits per heavy atom. The third-order valence-corrected chi connectivity index (χ3v) is 6.99. The van der Waals surface area contributed by atoms with Gasteiger partial charge in [-0.3, -0.25) is 4.57 Å². The molecular formula is C28H26N6O. The van der Waals surface area contributed by atoms with E-state index >= 15 is 0 Å². The maximum absolute atomic E-state index is 9.85. The Hall–Kier alpha value is -4.07. The lowest BCUT2D eigenvalue weighted by molar-refractivity contribution is 0.253. The Labute approximate surface area is 203 Å². The van der Waals surface area contributed by atoms with E-state index in [-0.39, 0.29) is 12.1 Å². The highest BCUT2D eigenvalue weighted by Crippen LogP contribution is 2.39. The summed E-state index contributed by atoms with van der Waals surface area (Å²) in [6.45, 7) is -0.0606. The lowest BCUT2D eigenvalue weighted by Crippen LogP contribution is -2.43. The number of imidazole rings is 1. The van der Waals surface area contributed by atoms with Gasteiger partial charge in [0.1, 0.15) is 11.3 Å². The van der Waals surface area contributed by atoms with E-state index in [4.69, 9.17) is 21.4 Å². The molecule has 1 saturated carbocycles. The first-order valence-electron chi connectivity index (χ1n) is 11.8. The van der Waals surface area contributed by atoms with Crippen molar-refractivity contribution in [2.75, 3.05) is 5.73 Å². The molecule has 5 aromatic rings. The molecule has 0 aliphatic heterocycles. The third kappa shape index (κ3) is 3.56. The topological polar surface area (TPSA) is 116 Å². The van der Waals surface area contributed by atoms with Crippen LogP contribution < -0.4 is 11.5 Å². The van der Waals surface area contributed by atoms with E-state index in [0.29, 0.717) is 17.3 Å². The highest BCUT2D eigenvalue weighted by molar-refractivity contribution is 5.84. The Balaban J connectivity index is 1.57. The van der Waals surface area contributed by atoms with Crippen LogP contribution in [0.2, 0.25) is 0 Å². The van der Waals surface area contributed by atoms with Gasteiger partial charge in [0.2, 0.25) is 0 Å². The van der Waals surface area contributed by atoms with Gasteiger partial charge in [0.25, 0.3) is 0 Å². The SMILES string of the molecule is Nc1ncccc1-c1nc2ccc(-c3ccccc3CO)nc2n1-c1ccc(C2(N)CCC2)cc1. The number of fused-ring (bicyclic) bond motifs is 1. The maximum atomic E-state index is 9.85. The van der Waals surface area contributed by atoms with Gasteiger partial charge >= 0.3 is 0 Å². The minimum atomic E-state index is -0.231. The quantitative estimate of drug-likeness (QED) is 0.353. The summed E-state index contributed by atoms with van der Waals surface area (Å²) < 4.78 is 2.02. The van der Waals surface area contributed by atoms with E-state index < -0.39 is 0 Å². The highest BCUT2D eigenvalue weighted by atomic mass is 16.3. The molecule has 0 radical (unpaired) electrons. The second kappa shape index (κ2) is 8.30. The molecule has 0 saturated heterocycles. The Morgan fingerprint density at radius 2 is 1.66 bits per heavy atom. The van der Waals surface area contributed by atoms with Gasteiger partial charge in [-0.05, 0) is 66.8 Å². The number of hydrogen-bond acceptors (Lipinski definition) is 6. The van der Waals surface area contributed by atoms with Crippen molar-refractivity contribution in [2.45, 2.75) is 31.4 Å². The van der Waals surface area contributed by atoms with E-state index in [1.807, 2.05) is 53.1 Å². The van der Waals surface area contributed by atoms with Crippen molar-refractivity contribution in [3.8, 4) is 28.3 Å². The zero-order chi connectivity index (χ0) is 24.0. The number of nitrogens with zero attached hydrogens (tertiary/aromatic N) is 4. The second-order valence-electron chi connectivity index (χ2n) is 9.12. The molecule has 0 unspecified atom stereocenters. The molecular weight excluding hydrogens is 436 g/mol. The molecule has 5 N–H and O–H groups in total. The van der Waals surface area contributed by atoms with Crippen LogP contribution in [-0.4, -0.2) is 24.6 Å². The summed E-state index contributed by atoms with van der Waals surface area (Å²) in [6, 6.07) is 23.7. The first-order chi connectivity index (χ1) is 17.1. The molecule has 1 fully saturated rings. The number of anilines is 1. The molecule has 3 aromatic heterocycles. The van der Waals surface area contributed by atoms with E-state index in [1.54, 1.807) is 6.20 Å². The van der Waals surface area contributed by atoms with E-state index in [0.717, 1.165) is 58.4 Å². The van der Waals surface area contributed by atoms with Crippen LogP contribution in [0.3, 0.4) is 0 Å². The van der Waals surface area contributed by atoms with Crippen molar-refractivity contribution >= 4 is 17.0 Å². The number of nitrogen functional groups attached to an aromatic ring is 1. The molecule has 3 heterocycles. The first kappa shape index (κ1) is 21.5. The number of benzene rings is 2. The maximum Gasteiger partial charge on any atom is 0.165 e. The summed E-state index contributed by atoms with van der Waals surface area (Å²) in [4.78, 5) is 14.2. The third-order valence-electron chi connectivity index (χ3n) is 6.99. The second-order valence-corrected chi connectivity index (χ2v) is 9.12. The van der Waals surface area contributed by atoms with Crippen LogP contribution in [0.5, 0.6) is 0 Å². The molecule has 174 valence electrons. The summed E-state index contributed by atoms with van der Waals surface area (Å²) in [6.07, 6.45) is 4.85. The van der Waals surface area contributed by atoms with Gasteiger partial charge in [0.15, 0.2) is 11.5 Å². The van der Waals surface area contributed by atoms with E-state index in [1.165, 1.54) is 0 Å². The number of pyridine rings is 2. The van der Waals surface area contributed by atoms with E-state index in [2.05, 4.69) is 29.2 Å². The number of rotatable bonds is 5. The lowest BCUT2D eigenvalue weighted by atomic mass is 9.73. The van der Waals surface area contributed by atoms with Crippen molar-refractivity contribution in [1.29, 1.82) is 0 Å². The van der Waals surface area contributed by atoms with Gasteiger partial charge in [0, 0.05) is 23.0 Å². The number of aromatic nitrogens is 4. The van der Waals surface area contributed by atoms with Gasteiger partial charge < -0.3 is 16.6 Å². The lowest BCUT2D eigenvalue weighted by Gasteiger charge is -2.38. The van der Waals surface area contributed by atoms with Crippen LogP contribution in [0.4, 0.5) is 5.82 Å². The molecule has 7 nitrogen and oxygen atoms in total. The van der Waals surface area contributed by atoms with Crippen molar-refractivity contribution in [1.82, 2.24) is 19.5 Å². The van der Waals surface area contributed by atoms with Crippen LogP contribution in [0.1, 0.15) is 30.4 Å². The fourth-order valence-electron chi connectivity index (χ4n) is 4.84. The van der Waals surface area contributed by atoms with Crippen molar-refractivity contribution in [2.24, 2.45) is 5.73 Å². The highest BCUT2D eigenvalue weighted by Gasteiger charge is 2.34. The fraction of sp³-hybridized carbons (Fsp3) is 0.179. The Morgan fingerprint density at radius 3 is 2.37 bits per heavy atom. The largest absolute Gasteiger partial charge is 0.392 e. The van der Waals surface area contributed by atoms with Crippen molar-refractivity contribution in [3.05, 3.63) is 90.1 Å². The monoisotopic (exact) mass is 462 g/mol. The molecule has 0 atom stereocenters. The molecule has 35 heavy (non-hydrogen) atoms. The average molecular weight is 463 g/mol. The van der Waals surface area contributed by atoms with Gasteiger partial charge in [-0.15, -0.1) is 0 Å². The predicted molar refractivity (Wildman–Crippen MR) is 138 cm³/mol. The number of aliphatic hydroxyl groups is 1. The van der Waals surface area contributed by atoms with Gasteiger partial charge in [-0.1, -0.05) is 36.4 Å². The molecule has 0 spiro atoms. The zero-order valence-electron chi connectivity index (χ0n) is 19.2. The summed E-state index contributed by atoms with van der Waals surface area (Å²) in [5.74, 6) is 1.08. The van der Waals surface area contributed by atoms with Crippen LogP contribution in [0.15, 0.2) is 79.0 Å². The number of hydrogen-bond donors (Lipinski definition) is 3. The van der Waals surface area contributed by atoms with Gasteiger partial charge in [-0.25, -0.2) is 15.0 Å². The predicted octanol–water partition coefficient (Wildman–Crippen LogP) is 4.56. The fourth-order valence-corrected chi connectivity index (χ4v) is 4.84. The summed E-state index contributed by atoms with van der Waals surface area (Å²) >= 11 is 0. The van der Waals surface area contributed by atoms with Crippen LogP contribution in [0, 0.1) is 0 Å². The van der Waals surface area contributed by atoms with Crippen LogP contribution in [0.25, 0.3) is 39.5 Å². The van der Waals surface area contributed by atoms with Crippen LogP contribution >= 0.6 is 0 Å². The molecule has 6 rings (SSSR count). The summed E-state index contributed by atoms with van der Waals surface area (Å²) in [7, 11) is 0. The molecule has 0 bridgehead atoms. The average Bonchev–Trinajstić information content (AvgIpc) is 3.26. The molecule has 1 aliphatic rings. The molecule has 0 amide bonds. The number of aliphatic hydroxyl groups excluding tert-OH is 1. The normalized spacial score (nSPS) is 14.7. The standard InChI is InChI=1S/C28H26N6O/c29-25-22(7-3-16-31-25)26-33-24-13-12-23(21-6-2-1-5-18(21)17-35)32-27(24)34(26)20-10-8-19(9-11-20)28(30)14-4-15-28/h1-3,5-13,16,35H,4,14-15,17,30H2,(H2,29,31). The Bertz CT molecular complexity index is 1540. The molecule has 7 heteroatoms. The smallest absolute Gasteiger partial charge is 0.165 e. The van der Waals surface area contributed by atoms with E-state index in [9.17, 15) is 5.11 Å². The van der Waals surface area contributed by atoms with Gasteiger partial charge in [-0.2, -0.15) is 0 Å². The minimum absolute atomic E-state index is 0.0606. The minimum Gasteiger partial charge on any atom is -0.392 e. The van der Waals surface area contributed by atoms with Crippen LogP contribution in [-0.2, 0) is 12.1 Å².